The number of hydrogen-bond donors (Lipinski definition) is 2. The van der Waals surface area contributed by atoms with E-state index in [1.807, 2.05) is 96.8 Å². The minimum Gasteiger partial charge on any atom is -0.395 e. The van der Waals surface area contributed by atoms with E-state index in [0.29, 0.717) is 55.1 Å². The Morgan fingerprint density at radius 3 is 2.37 bits per heavy atom. The zero-order valence-electron chi connectivity index (χ0n) is 35.1. The molecule has 0 bridgehead atoms. The quantitative estimate of drug-likeness (QED) is 0.0602. The molecule has 1 unspecified atom stereocenters. The number of nitrogens with one attached hydrogen (secondary N) is 1. The minimum absolute atomic E-state index is 0.0312. The lowest BCUT2D eigenvalue weighted by molar-refractivity contribution is -0.385. The SMILES string of the molecule is C[C@@H]1[C@@H]([Si](C)(C)F)[C@H](CCn2cc(C(CO)c3ccccc3)nn2)O[C@@]12C(=O)N(Cc1cccc(N3CN(c4ccccc4)C4(CCNCC4)C3=O)c1)c1ccc([N+](=O)[O-])cc12. The van der Waals surface area contributed by atoms with Crippen LogP contribution in [0.4, 0.5) is 26.9 Å². The molecule has 16 heteroatoms. The smallest absolute Gasteiger partial charge is 0.269 e. The highest BCUT2D eigenvalue weighted by Gasteiger charge is 2.67. The van der Waals surface area contributed by atoms with Crippen LogP contribution in [0.25, 0.3) is 0 Å². The van der Waals surface area contributed by atoms with E-state index >= 15 is 8.90 Å². The van der Waals surface area contributed by atoms with Gasteiger partial charge >= 0.3 is 0 Å². The number of benzene rings is 4. The lowest BCUT2D eigenvalue weighted by Crippen LogP contribution is -2.55. The number of rotatable bonds is 12. The number of piperidine rings is 1. The number of carbonyl (C=O) groups is 2. The van der Waals surface area contributed by atoms with E-state index in [1.54, 1.807) is 34.9 Å². The summed E-state index contributed by atoms with van der Waals surface area (Å²) in [7, 11) is -3.56. The number of aliphatic hydroxyl groups is 1. The van der Waals surface area contributed by atoms with Crippen molar-refractivity contribution in [1.82, 2.24) is 20.3 Å². The van der Waals surface area contributed by atoms with Crippen molar-refractivity contribution in [3.8, 4) is 0 Å². The van der Waals surface area contributed by atoms with Gasteiger partial charge in [-0.2, -0.15) is 0 Å². The molecule has 5 aromatic rings. The molecule has 2 spiro atoms. The van der Waals surface area contributed by atoms with Crippen molar-refractivity contribution in [2.75, 3.05) is 41.1 Å². The Labute approximate surface area is 360 Å². The molecule has 5 heterocycles. The number of hydrogen-bond acceptors (Lipinski definition) is 10. The zero-order chi connectivity index (χ0) is 43.4. The van der Waals surface area contributed by atoms with Gasteiger partial charge < -0.3 is 29.1 Å². The molecule has 0 aliphatic carbocycles. The number of para-hydroxylation sites is 1. The first-order chi connectivity index (χ1) is 29.9. The van der Waals surface area contributed by atoms with Crippen LogP contribution in [0.5, 0.6) is 0 Å². The monoisotopic (exact) mass is 858 g/mol. The van der Waals surface area contributed by atoms with E-state index in [-0.39, 0.29) is 30.7 Å². The number of aliphatic hydroxyl groups excluding tert-OH is 1. The number of halogens is 1. The molecule has 9 rings (SSSR count). The number of amides is 2. The van der Waals surface area contributed by atoms with Crippen LogP contribution in [0.15, 0.2) is 109 Å². The number of anilines is 3. The average molecular weight is 859 g/mol. The summed E-state index contributed by atoms with van der Waals surface area (Å²) in [6.45, 7) is 7.12. The molecule has 62 heavy (non-hydrogen) atoms. The van der Waals surface area contributed by atoms with Gasteiger partial charge in [0.05, 0.1) is 48.1 Å². The van der Waals surface area contributed by atoms with Gasteiger partial charge in [0.1, 0.15) is 5.54 Å². The molecule has 4 aliphatic rings. The Morgan fingerprint density at radius 2 is 1.68 bits per heavy atom. The average Bonchev–Trinajstić information content (AvgIpc) is 4.00. The molecule has 2 amide bonds. The number of ether oxygens (including phenoxy) is 1. The maximum absolute atomic E-state index is 16.7. The molecule has 0 saturated carbocycles. The molecule has 3 fully saturated rings. The van der Waals surface area contributed by atoms with Gasteiger partial charge in [-0.15, -0.1) is 5.10 Å². The largest absolute Gasteiger partial charge is 0.395 e. The molecule has 1 aromatic heterocycles. The number of fused-ring (bicyclic) bond motifs is 2. The summed E-state index contributed by atoms with van der Waals surface area (Å²) in [6.07, 6.45) is 2.69. The maximum atomic E-state index is 16.7. The summed E-state index contributed by atoms with van der Waals surface area (Å²) in [5, 5.41) is 34.5. The lowest BCUT2D eigenvalue weighted by Gasteiger charge is -2.39. The highest BCUT2D eigenvalue weighted by Crippen LogP contribution is 2.61. The molecule has 0 radical (unpaired) electrons. The summed E-state index contributed by atoms with van der Waals surface area (Å²) >= 11 is 0. The van der Waals surface area contributed by atoms with Gasteiger partial charge in [0.15, 0.2) is 5.60 Å². The molecule has 322 valence electrons. The minimum atomic E-state index is -3.56. The van der Waals surface area contributed by atoms with Gasteiger partial charge in [-0.05, 0) is 86.9 Å². The van der Waals surface area contributed by atoms with Crippen molar-refractivity contribution in [1.29, 1.82) is 0 Å². The van der Waals surface area contributed by atoms with Crippen LogP contribution >= 0.6 is 0 Å². The van der Waals surface area contributed by atoms with Crippen LogP contribution in [0.1, 0.15) is 54.5 Å². The molecule has 4 aliphatic heterocycles. The summed E-state index contributed by atoms with van der Waals surface area (Å²) in [5.41, 5.74) is 1.53. The van der Waals surface area contributed by atoms with E-state index in [0.717, 1.165) is 29.9 Å². The van der Waals surface area contributed by atoms with Crippen LogP contribution in [-0.2, 0) is 33.0 Å². The predicted molar refractivity (Wildman–Crippen MR) is 235 cm³/mol. The third-order valence-electron chi connectivity index (χ3n) is 13.6. The topological polar surface area (TPSA) is 159 Å². The summed E-state index contributed by atoms with van der Waals surface area (Å²) in [6, 6.07) is 31.5. The fraction of sp³-hybridized carbons (Fsp3) is 0.391. The van der Waals surface area contributed by atoms with Gasteiger partial charge in [-0.3, -0.25) is 29.3 Å². The third kappa shape index (κ3) is 6.98. The van der Waals surface area contributed by atoms with Crippen molar-refractivity contribution < 1.29 is 28.5 Å². The highest BCUT2D eigenvalue weighted by atomic mass is 28.4. The van der Waals surface area contributed by atoms with Crippen molar-refractivity contribution in [2.24, 2.45) is 5.92 Å². The fourth-order valence-corrected chi connectivity index (χ4v) is 13.2. The summed E-state index contributed by atoms with van der Waals surface area (Å²) in [4.78, 5) is 47.0. The maximum Gasteiger partial charge on any atom is 0.269 e. The Bertz CT molecular complexity index is 2480. The molecular weight excluding hydrogens is 808 g/mol. The Balaban J connectivity index is 1.01. The number of aromatic nitrogens is 3. The predicted octanol–water partition coefficient (Wildman–Crippen LogP) is 6.66. The van der Waals surface area contributed by atoms with E-state index < -0.39 is 47.9 Å². The normalized spacial score (nSPS) is 23.8. The van der Waals surface area contributed by atoms with Crippen molar-refractivity contribution in [3.05, 3.63) is 142 Å². The second kappa shape index (κ2) is 16.1. The van der Waals surface area contributed by atoms with Crippen LogP contribution in [-0.4, -0.2) is 83.3 Å². The second-order valence-electron chi connectivity index (χ2n) is 17.6. The standard InChI is InChI=1S/C46H51FN8O6Si/c1-31-42(62(2,3)47)41(19-24-51-28-39(49-50-51)37(29-56)33-12-6-4-7-13-33)61-46(31)38-26-36(55(59)60)17-18-40(38)52(44(46)58)27-32-11-10-16-35(25-32)53-30-54(34-14-8-5-9-15-34)45(43(53)57)20-22-48-23-21-45/h4-18,25-26,28,31,37,41-42,48,56H,19-24,27,29-30H2,1-3H3/t31-,37?,41+,42-,46+/m1/s1. The molecule has 2 N–H and O–H groups in total. The van der Waals surface area contributed by atoms with Crippen LogP contribution in [0.3, 0.4) is 0 Å². The van der Waals surface area contributed by atoms with Crippen LogP contribution < -0.4 is 20.0 Å². The van der Waals surface area contributed by atoms with Crippen molar-refractivity contribution in [3.63, 3.8) is 0 Å². The summed E-state index contributed by atoms with van der Waals surface area (Å²) in [5.74, 6) is -1.42. The second-order valence-corrected chi connectivity index (χ2v) is 21.3. The van der Waals surface area contributed by atoms with Gasteiger partial charge in [-0.25, -0.2) is 0 Å². The number of carbonyl (C=O) groups excluding carboxylic acids is 2. The molecule has 4 aromatic carbocycles. The van der Waals surface area contributed by atoms with E-state index in [1.165, 1.54) is 12.1 Å². The van der Waals surface area contributed by atoms with E-state index in [2.05, 4.69) is 20.5 Å². The number of nitro groups is 1. The Morgan fingerprint density at radius 1 is 0.968 bits per heavy atom. The lowest BCUT2D eigenvalue weighted by atomic mass is 9.82. The number of aryl methyl sites for hydroxylation is 1. The zero-order valence-corrected chi connectivity index (χ0v) is 36.1. The van der Waals surface area contributed by atoms with Gasteiger partial charge in [0, 0.05) is 53.3 Å². The molecule has 3 saturated heterocycles. The first-order valence-corrected chi connectivity index (χ1v) is 24.3. The molecular formula is C46H51FN8O6Si. The van der Waals surface area contributed by atoms with Gasteiger partial charge in [0.2, 0.25) is 8.41 Å². The van der Waals surface area contributed by atoms with Gasteiger partial charge in [0.25, 0.3) is 17.5 Å². The molecule has 5 atom stereocenters. The van der Waals surface area contributed by atoms with Gasteiger partial charge in [-0.1, -0.05) is 72.8 Å². The highest BCUT2D eigenvalue weighted by molar-refractivity contribution is 6.72. The number of nitro benzene ring substituents is 1. The van der Waals surface area contributed by atoms with Crippen LogP contribution in [0, 0.1) is 16.0 Å². The Kier molecular flexibility index (Phi) is 10.8. The molecule has 14 nitrogen and oxygen atoms in total. The van der Waals surface area contributed by atoms with E-state index in [9.17, 15) is 20.0 Å². The summed E-state index contributed by atoms with van der Waals surface area (Å²) < 4.78 is 25.2. The fourth-order valence-electron chi connectivity index (χ4n) is 10.6. The first-order valence-electron chi connectivity index (χ1n) is 21.3. The van der Waals surface area contributed by atoms with Crippen molar-refractivity contribution >= 4 is 43.0 Å². The van der Waals surface area contributed by atoms with E-state index in [4.69, 9.17) is 4.74 Å². The third-order valence-corrected chi connectivity index (χ3v) is 16.1. The number of non-ortho nitro benzene ring substituents is 1. The van der Waals surface area contributed by atoms with Crippen LogP contribution in [0.2, 0.25) is 18.6 Å². The first kappa shape index (κ1) is 41.5. The number of nitrogens with zero attached hydrogens (tertiary/aromatic N) is 7. The van der Waals surface area contributed by atoms with Crippen molar-refractivity contribution in [2.45, 2.75) is 81.1 Å². The Hall–Kier alpha value is -5.81.